The summed E-state index contributed by atoms with van der Waals surface area (Å²) in [5.41, 5.74) is -0.224. The lowest BCUT2D eigenvalue weighted by Crippen LogP contribution is -2.16. The summed E-state index contributed by atoms with van der Waals surface area (Å²) < 4.78 is 28.0. The molecule has 0 bridgehead atoms. The van der Waals surface area contributed by atoms with Gasteiger partial charge in [0.15, 0.2) is 0 Å². The second kappa shape index (κ2) is 11.2. The van der Waals surface area contributed by atoms with Crippen molar-refractivity contribution in [3.8, 4) is 0 Å². The number of hydrogen-bond donors (Lipinski definition) is 1. The van der Waals surface area contributed by atoms with E-state index in [1.165, 1.54) is 76.3 Å². The van der Waals surface area contributed by atoms with Crippen LogP contribution < -0.4 is 0 Å². The van der Waals surface area contributed by atoms with Crippen molar-refractivity contribution in [2.75, 3.05) is 0 Å². The normalized spacial score (nSPS) is 27.2. The van der Waals surface area contributed by atoms with Crippen LogP contribution in [0.1, 0.15) is 119 Å². The Morgan fingerprint density at radius 3 is 1.70 bits per heavy atom. The van der Waals surface area contributed by atoms with Crippen molar-refractivity contribution in [2.24, 2.45) is 17.8 Å². The van der Waals surface area contributed by atoms with Gasteiger partial charge in [0.05, 0.1) is 0 Å². The Kier molecular flexibility index (Phi) is 8.71. The van der Waals surface area contributed by atoms with Gasteiger partial charge in [-0.25, -0.2) is 13.6 Å². The van der Waals surface area contributed by atoms with Gasteiger partial charge in [0.25, 0.3) is 0 Å². The summed E-state index contributed by atoms with van der Waals surface area (Å²) in [6.45, 7) is 2.30. The van der Waals surface area contributed by atoms with Crippen molar-refractivity contribution in [1.29, 1.82) is 0 Å². The van der Waals surface area contributed by atoms with E-state index in [9.17, 15) is 13.6 Å². The maximum Gasteiger partial charge on any atom is 0.341 e. The topological polar surface area (TPSA) is 37.3 Å². The van der Waals surface area contributed by atoms with Crippen molar-refractivity contribution >= 4 is 5.97 Å². The molecule has 0 aliphatic heterocycles. The number of halogens is 2. The molecule has 4 heteroatoms. The van der Waals surface area contributed by atoms with Crippen molar-refractivity contribution in [1.82, 2.24) is 0 Å². The Bertz CT molecular complexity index is 663. The van der Waals surface area contributed by atoms with E-state index >= 15 is 0 Å². The molecule has 1 aromatic carbocycles. The fraction of sp³-hybridized carbons (Fsp3) is 0.731. The van der Waals surface area contributed by atoms with Crippen molar-refractivity contribution < 1.29 is 18.7 Å². The minimum absolute atomic E-state index is 0.145. The summed E-state index contributed by atoms with van der Waals surface area (Å²) in [7, 11) is 0. The zero-order valence-electron chi connectivity index (χ0n) is 18.5. The first-order valence-electron chi connectivity index (χ1n) is 12.2. The number of hydrogen-bond acceptors (Lipinski definition) is 1. The molecule has 2 fully saturated rings. The summed E-state index contributed by atoms with van der Waals surface area (Å²) in [6, 6.07) is 2.46. The third kappa shape index (κ3) is 6.28. The zero-order chi connectivity index (χ0) is 21.5. The molecule has 0 amide bonds. The molecular weight excluding hydrogens is 382 g/mol. The van der Waals surface area contributed by atoms with Crippen LogP contribution in [0.15, 0.2) is 12.1 Å². The lowest BCUT2D eigenvalue weighted by atomic mass is 9.76. The van der Waals surface area contributed by atoms with Crippen LogP contribution >= 0.6 is 0 Å². The Balaban J connectivity index is 1.35. The molecule has 1 N–H and O–H groups in total. The molecule has 2 saturated carbocycles. The Morgan fingerprint density at radius 1 is 0.833 bits per heavy atom. The van der Waals surface area contributed by atoms with Gasteiger partial charge < -0.3 is 5.11 Å². The van der Waals surface area contributed by atoms with Gasteiger partial charge in [0, 0.05) is 0 Å². The number of rotatable bonds is 9. The molecule has 2 aliphatic carbocycles. The van der Waals surface area contributed by atoms with E-state index in [-0.39, 0.29) is 5.92 Å². The van der Waals surface area contributed by atoms with Crippen LogP contribution in [0, 0.1) is 29.4 Å². The summed E-state index contributed by atoms with van der Waals surface area (Å²) in [5, 5.41) is 8.92. The van der Waals surface area contributed by atoms with Crippen molar-refractivity contribution in [3.63, 3.8) is 0 Å². The highest BCUT2D eigenvalue weighted by atomic mass is 19.1. The van der Waals surface area contributed by atoms with Gasteiger partial charge in [-0.3, -0.25) is 0 Å². The maximum atomic E-state index is 14.0. The predicted octanol–water partition coefficient (Wildman–Crippen LogP) is 8.10. The van der Waals surface area contributed by atoms with Crippen LogP contribution in [0.2, 0.25) is 0 Å². The highest BCUT2D eigenvalue weighted by molar-refractivity contribution is 5.88. The Morgan fingerprint density at radius 2 is 1.27 bits per heavy atom. The van der Waals surface area contributed by atoms with Gasteiger partial charge >= 0.3 is 5.97 Å². The van der Waals surface area contributed by atoms with E-state index in [0.29, 0.717) is 5.56 Å². The molecule has 2 nitrogen and oxygen atoms in total. The average molecular weight is 421 g/mol. The monoisotopic (exact) mass is 420 g/mol. The quantitative estimate of drug-likeness (QED) is 0.410. The molecule has 0 atom stereocenters. The van der Waals surface area contributed by atoms with Crippen molar-refractivity contribution in [3.05, 3.63) is 34.9 Å². The van der Waals surface area contributed by atoms with E-state index in [0.717, 1.165) is 43.4 Å². The van der Waals surface area contributed by atoms with Gasteiger partial charge in [-0.1, -0.05) is 71.1 Å². The van der Waals surface area contributed by atoms with E-state index in [2.05, 4.69) is 6.92 Å². The second-order valence-corrected chi connectivity index (χ2v) is 9.84. The fourth-order valence-electron chi connectivity index (χ4n) is 5.90. The molecule has 0 aromatic heterocycles. The molecular formula is C26H38F2O2. The smallest absolute Gasteiger partial charge is 0.341 e. The highest BCUT2D eigenvalue weighted by Crippen LogP contribution is 2.39. The van der Waals surface area contributed by atoms with Gasteiger partial charge in [-0.15, -0.1) is 0 Å². The van der Waals surface area contributed by atoms with E-state index in [1.807, 2.05) is 0 Å². The lowest BCUT2D eigenvalue weighted by molar-refractivity contribution is 0.0686. The standard InChI is InChI=1S/C26H38F2O2/c1-2-5-18-8-10-19(11-9-18)6-3-4-7-20-12-14-21(15-13-20)22-16-23(27)25(26(29)30)24(28)17-22/h16-21H,2-15H2,1H3,(H,29,30). The Labute approximate surface area is 180 Å². The molecule has 0 heterocycles. The number of aromatic carboxylic acids is 1. The van der Waals surface area contributed by atoms with Crippen LogP contribution in [0.25, 0.3) is 0 Å². The highest BCUT2D eigenvalue weighted by Gasteiger charge is 2.26. The molecule has 3 rings (SSSR count). The third-order valence-electron chi connectivity index (χ3n) is 7.73. The molecule has 0 saturated heterocycles. The number of benzene rings is 1. The predicted molar refractivity (Wildman–Crippen MR) is 117 cm³/mol. The first-order chi connectivity index (χ1) is 14.5. The second-order valence-electron chi connectivity index (χ2n) is 9.84. The SMILES string of the molecule is CCCC1CCC(CCCCC2CCC(c3cc(F)c(C(=O)O)c(F)c3)CC2)CC1. The molecule has 1 aromatic rings. The molecule has 0 unspecified atom stereocenters. The van der Waals surface area contributed by atoms with Gasteiger partial charge in [0.1, 0.15) is 17.2 Å². The van der Waals surface area contributed by atoms with Gasteiger partial charge in [-0.05, 0) is 67.1 Å². The molecule has 168 valence electrons. The Hall–Kier alpha value is -1.45. The average Bonchev–Trinajstić information content (AvgIpc) is 2.72. The molecule has 0 radical (unpaired) electrons. The first kappa shape index (κ1) is 23.2. The summed E-state index contributed by atoms with van der Waals surface area (Å²) in [6.07, 6.45) is 17.9. The van der Waals surface area contributed by atoms with Crippen molar-refractivity contribution in [2.45, 2.75) is 103 Å². The number of unbranched alkanes of at least 4 members (excludes halogenated alkanes) is 1. The minimum atomic E-state index is -1.55. The summed E-state index contributed by atoms with van der Waals surface area (Å²) in [4.78, 5) is 11.0. The van der Waals surface area contributed by atoms with E-state index in [1.54, 1.807) is 0 Å². The fourth-order valence-corrected chi connectivity index (χ4v) is 5.90. The largest absolute Gasteiger partial charge is 0.477 e. The van der Waals surface area contributed by atoms with Crippen LogP contribution in [0.5, 0.6) is 0 Å². The number of carboxylic acids is 1. The van der Waals surface area contributed by atoms with Gasteiger partial charge in [0.2, 0.25) is 0 Å². The van der Waals surface area contributed by atoms with Gasteiger partial charge in [-0.2, -0.15) is 0 Å². The third-order valence-corrected chi connectivity index (χ3v) is 7.73. The number of carbonyl (C=O) groups is 1. The van der Waals surface area contributed by atoms with E-state index in [4.69, 9.17) is 5.11 Å². The lowest BCUT2D eigenvalue weighted by Gasteiger charge is -2.30. The van der Waals surface area contributed by atoms with Crippen LogP contribution in [0.4, 0.5) is 8.78 Å². The molecule has 2 aliphatic rings. The minimum Gasteiger partial charge on any atom is -0.477 e. The maximum absolute atomic E-state index is 14.0. The zero-order valence-corrected chi connectivity index (χ0v) is 18.5. The molecule has 0 spiro atoms. The first-order valence-corrected chi connectivity index (χ1v) is 12.2. The van der Waals surface area contributed by atoms with Crippen LogP contribution in [-0.2, 0) is 0 Å². The summed E-state index contributed by atoms with van der Waals surface area (Å²) in [5.74, 6) is -0.641. The van der Waals surface area contributed by atoms with E-state index < -0.39 is 23.2 Å². The molecule has 30 heavy (non-hydrogen) atoms. The number of carboxylic acid groups (broad SMARTS) is 1. The van der Waals surface area contributed by atoms with Crippen LogP contribution in [-0.4, -0.2) is 11.1 Å². The summed E-state index contributed by atoms with van der Waals surface area (Å²) >= 11 is 0. The van der Waals surface area contributed by atoms with Crippen LogP contribution in [0.3, 0.4) is 0 Å².